The molecule has 2 aromatic heterocycles. The molecule has 3 aromatic rings. The Balaban J connectivity index is 1.49. The van der Waals surface area contributed by atoms with E-state index in [0.717, 1.165) is 61.4 Å². The average Bonchev–Trinajstić information content (AvgIpc) is 2.77. The maximum absolute atomic E-state index is 12.9. The van der Waals surface area contributed by atoms with E-state index in [4.69, 9.17) is 9.72 Å². The maximum atomic E-state index is 12.9. The van der Waals surface area contributed by atoms with Crippen molar-refractivity contribution < 1.29 is 14.4 Å². The van der Waals surface area contributed by atoms with Crippen LogP contribution < -0.4 is 10.2 Å². The SMILES string of the molecule is O=C(NCCC[NH+]1CCOCC1)c1cc(-c2ccncc2)nc2ccccc12. The zero-order valence-corrected chi connectivity index (χ0v) is 15.9. The number of carbonyl (C=O) groups excluding carboxylic acids is 1. The lowest BCUT2D eigenvalue weighted by atomic mass is 10.0. The molecule has 28 heavy (non-hydrogen) atoms. The van der Waals surface area contributed by atoms with Crippen molar-refractivity contribution in [1.82, 2.24) is 15.3 Å². The van der Waals surface area contributed by atoms with E-state index in [1.165, 1.54) is 0 Å². The summed E-state index contributed by atoms with van der Waals surface area (Å²) in [6.45, 7) is 5.51. The molecule has 1 aliphatic heterocycles. The van der Waals surface area contributed by atoms with Crippen molar-refractivity contribution in [2.75, 3.05) is 39.4 Å². The average molecular weight is 377 g/mol. The van der Waals surface area contributed by atoms with Gasteiger partial charge in [-0.2, -0.15) is 0 Å². The van der Waals surface area contributed by atoms with E-state index >= 15 is 0 Å². The molecule has 0 spiro atoms. The first kappa shape index (κ1) is 18.5. The van der Waals surface area contributed by atoms with Gasteiger partial charge in [-0.3, -0.25) is 9.78 Å². The van der Waals surface area contributed by atoms with Gasteiger partial charge < -0.3 is 15.0 Å². The van der Waals surface area contributed by atoms with Crippen LogP contribution in [0.3, 0.4) is 0 Å². The number of fused-ring (bicyclic) bond motifs is 1. The fourth-order valence-electron chi connectivity index (χ4n) is 3.58. The lowest BCUT2D eigenvalue weighted by molar-refractivity contribution is -0.908. The van der Waals surface area contributed by atoms with E-state index < -0.39 is 0 Å². The minimum atomic E-state index is -0.0501. The molecule has 1 aromatic carbocycles. The highest BCUT2D eigenvalue weighted by atomic mass is 16.5. The summed E-state index contributed by atoms with van der Waals surface area (Å²) in [5.41, 5.74) is 3.21. The lowest BCUT2D eigenvalue weighted by Gasteiger charge is -2.23. The summed E-state index contributed by atoms with van der Waals surface area (Å²) in [7, 11) is 0. The number of benzene rings is 1. The van der Waals surface area contributed by atoms with Gasteiger partial charge in [-0.15, -0.1) is 0 Å². The van der Waals surface area contributed by atoms with Crippen molar-refractivity contribution in [2.45, 2.75) is 6.42 Å². The Morgan fingerprint density at radius 2 is 1.89 bits per heavy atom. The standard InChI is InChI=1S/C22H24N4O2/c27-22(24-8-3-11-26-12-14-28-15-13-26)19-16-21(17-6-9-23-10-7-17)25-20-5-2-1-4-18(19)20/h1-2,4-7,9-10,16H,3,8,11-15H2,(H,24,27)/p+1. The van der Waals surface area contributed by atoms with Crippen LogP contribution in [-0.2, 0) is 4.74 Å². The predicted molar refractivity (Wildman–Crippen MR) is 108 cm³/mol. The van der Waals surface area contributed by atoms with Crippen LogP contribution in [0.1, 0.15) is 16.8 Å². The van der Waals surface area contributed by atoms with Gasteiger partial charge in [0.15, 0.2) is 0 Å². The van der Waals surface area contributed by atoms with E-state index in [2.05, 4.69) is 10.3 Å². The minimum absolute atomic E-state index is 0.0501. The number of aromatic nitrogens is 2. The Morgan fingerprint density at radius 3 is 2.71 bits per heavy atom. The van der Waals surface area contributed by atoms with E-state index in [0.29, 0.717) is 12.1 Å². The number of hydrogen-bond donors (Lipinski definition) is 2. The summed E-state index contributed by atoms with van der Waals surface area (Å²) >= 11 is 0. The van der Waals surface area contributed by atoms with Crippen LogP contribution in [0.4, 0.5) is 0 Å². The molecule has 1 fully saturated rings. The third-order valence-electron chi connectivity index (χ3n) is 5.13. The monoisotopic (exact) mass is 377 g/mol. The highest BCUT2D eigenvalue weighted by Crippen LogP contribution is 2.24. The number of amides is 1. The smallest absolute Gasteiger partial charge is 0.252 e. The molecule has 1 saturated heterocycles. The Labute approximate surface area is 164 Å². The fraction of sp³-hybridized carbons (Fsp3) is 0.318. The summed E-state index contributed by atoms with van der Waals surface area (Å²) in [5, 5.41) is 3.96. The second-order valence-corrected chi connectivity index (χ2v) is 7.03. The molecule has 6 heteroatoms. The van der Waals surface area contributed by atoms with Gasteiger partial charge in [0.25, 0.3) is 5.91 Å². The number of rotatable bonds is 6. The first-order valence-corrected chi connectivity index (χ1v) is 9.81. The van der Waals surface area contributed by atoms with Crippen molar-refractivity contribution in [3.63, 3.8) is 0 Å². The highest BCUT2D eigenvalue weighted by molar-refractivity contribution is 6.07. The van der Waals surface area contributed by atoms with Crippen LogP contribution in [0.2, 0.25) is 0 Å². The topological polar surface area (TPSA) is 68.5 Å². The third-order valence-corrected chi connectivity index (χ3v) is 5.13. The number of pyridine rings is 2. The van der Waals surface area contributed by atoms with E-state index in [9.17, 15) is 4.79 Å². The first-order valence-electron chi connectivity index (χ1n) is 9.81. The summed E-state index contributed by atoms with van der Waals surface area (Å²) in [6.07, 6.45) is 4.43. The number of quaternary nitrogens is 1. The van der Waals surface area contributed by atoms with Crippen LogP contribution in [0, 0.1) is 0 Å². The second kappa shape index (κ2) is 8.91. The Bertz CT molecular complexity index is 940. The Morgan fingerprint density at radius 1 is 1.11 bits per heavy atom. The molecule has 1 amide bonds. The summed E-state index contributed by atoms with van der Waals surface area (Å²) in [6, 6.07) is 13.5. The molecule has 0 radical (unpaired) electrons. The molecule has 2 N–H and O–H groups in total. The molecule has 6 nitrogen and oxygen atoms in total. The van der Waals surface area contributed by atoms with Crippen LogP contribution in [0.5, 0.6) is 0 Å². The zero-order valence-electron chi connectivity index (χ0n) is 15.9. The number of morpholine rings is 1. The molecule has 1 aliphatic rings. The molecule has 0 saturated carbocycles. The molecule has 0 bridgehead atoms. The third kappa shape index (κ3) is 4.35. The van der Waals surface area contributed by atoms with Crippen molar-refractivity contribution in [3.8, 4) is 11.3 Å². The Kier molecular flexibility index (Phi) is 5.89. The number of nitrogens with one attached hydrogen (secondary N) is 2. The highest BCUT2D eigenvalue weighted by Gasteiger charge is 2.15. The van der Waals surface area contributed by atoms with Crippen molar-refractivity contribution >= 4 is 16.8 Å². The number of nitrogens with zero attached hydrogens (tertiary/aromatic N) is 2. The summed E-state index contributed by atoms with van der Waals surface area (Å²) in [4.78, 5) is 23.3. The first-order chi connectivity index (χ1) is 13.8. The van der Waals surface area contributed by atoms with E-state index in [1.54, 1.807) is 17.3 Å². The molecular formula is C22H25N4O2+. The molecule has 0 aliphatic carbocycles. The van der Waals surface area contributed by atoms with Gasteiger partial charge in [0.2, 0.25) is 0 Å². The van der Waals surface area contributed by atoms with Crippen molar-refractivity contribution in [2.24, 2.45) is 0 Å². The van der Waals surface area contributed by atoms with Crippen LogP contribution in [0.25, 0.3) is 22.2 Å². The summed E-state index contributed by atoms with van der Waals surface area (Å²) in [5.74, 6) is -0.0501. The molecular weight excluding hydrogens is 352 g/mol. The van der Waals surface area contributed by atoms with Crippen LogP contribution in [0.15, 0.2) is 54.9 Å². The fourth-order valence-corrected chi connectivity index (χ4v) is 3.58. The Hall–Kier alpha value is -2.83. The maximum Gasteiger partial charge on any atom is 0.252 e. The van der Waals surface area contributed by atoms with Gasteiger partial charge in [-0.05, 0) is 24.3 Å². The van der Waals surface area contributed by atoms with Crippen LogP contribution in [-0.4, -0.2) is 55.3 Å². The molecule has 4 rings (SSSR count). The quantitative estimate of drug-likeness (QED) is 0.636. The molecule has 0 unspecified atom stereocenters. The minimum Gasteiger partial charge on any atom is -0.370 e. The number of ether oxygens (including phenoxy) is 1. The molecule has 3 heterocycles. The number of para-hydroxylation sites is 1. The number of hydrogen-bond acceptors (Lipinski definition) is 4. The molecule has 0 atom stereocenters. The lowest BCUT2D eigenvalue weighted by Crippen LogP contribution is -3.14. The zero-order chi connectivity index (χ0) is 19.2. The van der Waals surface area contributed by atoms with Gasteiger partial charge in [0.05, 0.1) is 36.5 Å². The van der Waals surface area contributed by atoms with Gasteiger partial charge in [-0.25, -0.2) is 4.98 Å². The van der Waals surface area contributed by atoms with Crippen molar-refractivity contribution in [1.29, 1.82) is 0 Å². The van der Waals surface area contributed by atoms with E-state index in [-0.39, 0.29) is 5.91 Å². The normalized spacial score (nSPS) is 14.9. The largest absolute Gasteiger partial charge is 0.370 e. The summed E-state index contributed by atoms with van der Waals surface area (Å²) < 4.78 is 5.39. The molecule has 144 valence electrons. The van der Waals surface area contributed by atoms with Crippen molar-refractivity contribution in [3.05, 3.63) is 60.4 Å². The van der Waals surface area contributed by atoms with Gasteiger partial charge in [-0.1, -0.05) is 18.2 Å². The number of carbonyl (C=O) groups is 1. The van der Waals surface area contributed by atoms with Gasteiger partial charge >= 0.3 is 0 Å². The predicted octanol–water partition coefficient (Wildman–Crippen LogP) is 1.33. The van der Waals surface area contributed by atoms with E-state index in [1.807, 2.05) is 42.5 Å². The van der Waals surface area contributed by atoms with Gasteiger partial charge in [0, 0.05) is 36.3 Å². The van der Waals surface area contributed by atoms with Gasteiger partial charge in [0.1, 0.15) is 13.1 Å². The van der Waals surface area contributed by atoms with Crippen LogP contribution >= 0.6 is 0 Å². The second-order valence-electron chi connectivity index (χ2n) is 7.03.